The third kappa shape index (κ3) is 9.10. The van der Waals surface area contributed by atoms with Crippen LogP contribution in [0.4, 0.5) is 49.1 Å². The number of alkyl halides is 6. The normalized spacial score (nSPS) is 11.5. The number of thiocarbonyl (C=S) groups is 2. The van der Waals surface area contributed by atoms with E-state index in [-0.39, 0.29) is 10.2 Å². The first kappa shape index (κ1) is 30.2. The quantitative estimate of drug-likeness (QED) is 0.126. The predicted octanol–water partition coefficient (Wildman–Crippen LogP) is 9.49. The van der Waals surface area contributed by atoms with E-state index in [0.717, 1.165) is 34.1 Å². The second kappa shape index (κ2) is 12.8. The van der Waals surface area contributed by atoms with Crippen molar-refractivity contribution in [3.63, 3.8) is 0 Å². The molecule has 0 atom stereocenters. The highest BCUT2D eigenvalue weighted by atomic mass is 32.2. The van der Waals surface area contributed by atoms with Gasteiger partial charge in [0.25, 0.3) is 0 Å². The van der Waals surface area contributed by atoms with Crippen LogP contribution < -0.4 is 21.3 Å². The van der Waals surface area contributed by atoms with Crippen LogP contribution in [-0.2, 0) is 12.4 Å². The molecule has 212 valence electrons. The highest BCUT2D eigenvalue weighted by Crippen LogP contribution is 2.32. The van der Waals surface area contributed by atoms with Crippen LogP contribution in [0.1, 0.15) is 11.1 Å². The number of hydrogen-bond donors (Lipinski definition) is 4. The number of halogens is 6. The summed E-state index contributed by atoms with van der Waals surface area (Å²) in [6.45, 7) is 0. The average Bonchev–Trinajstić information content (AvgIpc) is 2.90. The number of nitrogens with one attached hydrogen (secondary N) is 4. The molecule has 4 rings (SSSR count). The van der Waals surface area contributed by atoms with Crippen LogP contribution in [0.15, 0.2) is 107 Å². The second-order valence-corrected chi connectivity index (χ2v) is 10.4. The van der Waals surface area contributed by atoms with Gasteiger partial charge in [0.1, 0.15) is 0 Å². The Kier molecular flexibility index (Phi) is 9.41. The molecule has 13 heteroatoms. The van der Waals surface area contributed by atoms with Crippen LogP contribution in [0, 0.1) is 0 Å². The topological polar surface area (TPSA) is 48.1 Å². The van der Waals surface area contributed by atoms with E-state index < -0.39 is 23.5 Å². The minimum atomic E-state index is -4.40. The van der Waals surface area contributed by atoms with Gasteiger partial charge in [-0.05, 0) is 121 Å². The second-order valence-electron chi connectivity index (χ2n) is 8.46. The number of hydrogen-bond acceptors (Lipinski definition) is 3. The van der Waals surface area contributed by atoms with Crippen LogP contribution in [-0.4, -0.2) is 10.2 Å². The summed E-state index contributed by atoms with van der Waals surface area (Å²) >= 11 is 12.0. The lowest BCUT2D eigenvalue weighted by atomic mass is 10.2. The fourth-order valence-electron chi connectivity index (χ4n) is 3.42. The van der Waals surface area contributed by atoms with Crippen molar-refractivity contribution in [2.24, 2.45) is 0 Å². The number of benzene rings is 4. The number of anilines is 4. The molecule has 0 aliphatic rings. The summed E-state index contributed by atoms with van der Waals surface area (Å²) in [5.41, 5.74) is 0.782. The minimum Gasteiger partial charge on any atom is -0.332 e. The van der Waals surface area contributed by atoms with E-state index in [1.807, 2.05) is 48.5 Å². The standard InChI is InChI=1S/C28H20F6N4S3/c29-27(30,31)17-1-5-19(6-2-17)35-25(39)37-21-9-13-23(14-10-21)41-24-15-11-22(12-16-24)38-26(40)36-20-7-3-18(4-8-20)28(32,33)34/h1-16H,(H2,35,37,39)(H2,36,38,40). The maximum atomic E-state index is 12.7. The lowest BCUT2D eigenvalue weighted by Gasteiger charge is -2.13. The molecule has 0 bridgehead atoms. The van der Waals surface area contributed by atoms with Crippen molar-refractivity contribution in [2.75, 3.05) is 21.3 Å². The van der Waals surface area contributed by atoms with E-state index in [0.29, 0.717) is 22.7 Å². The summed E-state index contributed by atoms with van der Waals surface area (Å²) < 4.78 is 76.3. The highest BCUT2D eigenvalue weighted by Gasteiger charge is 2.30. The zero-order valence-electron chi connectivity index (χ0n) is 20.7. The molecule has 0 saturated heterocycles. The van der Waals surface area contributed by atoms with Gasteiger partial charge in [-0.15, -0.1) is 0 Å². The number of rotatable bonds is 6. The van der Waals surface area contributed by atoms with E-state index in [1.165, 1.54) is 36.0 Å². The fraction of sp³-hybridized carbons (Fsp3) is 0.0714. The van der Waals surface area contributed by atoms with E-state index in [1.54, 1.807) is 0 Å². The fourth-order valence-corrected chi connectivity index (χ4v) is 4.71. The minimum absolute atomic E-state index is 0.235. The first-order valence-corrected chi connectivity index (χ1v) is 13.4. The van der Waals surface area contributed by atoms with E-state index >= 15 is 0 Å². The smallest absolute Gasteiger partial charge is 0.332 e. The van der Waals surface area contributed by atoms with Crippen LogP contribution in [0.3, 0.4) is 0 Å². The van der Waals surface area contributed by atoms with Gasteiger partial charge in [0.2, 0.25) is 0 Å². The molecular formula is C28H20F6N4S3. The molecule has 4 N–H and O–H groups in total. The zero-order valence-corrected chi connectivity index (χ0v) is 23.2. The molecule has 0 amide bonds. The molecule has 0 aliphatic heterocycles. The van der Waals surface area contributed by atoms with Gasteiger partial charge < -0.3 is 21.3 Å². The Morgan fingerprint density at radius 2 is 0.683 bits per heavy atom. The molecular weight excluding hydrogens is 603 g/mol. The van der Waals surface area contributed by atoms with Crippen LogP contribution in [0.2, 0.25) is 0 Å². The van der Waals surface area contributed by atoms with E-state index in [4.69, 9.17) is 24.4 Å². The summed E-state index contributed by atoms with van der Waals surface area (Å²) in [5, 5.41) is 12.2. The van der Waals surface area contributed by atoms with Crippen molar-refractivity contribution in [3.05, 3.63) is 108 Å². The Hall–Kier alpha value is -3.81. The van der Waals surface area contributed by atoms with Gasteiger partial charge in [-0.3, -0.25) is 0 Å². The maximum Gasteiger partial charge on any atom is 0.416 e. The van der Waals surface area contributed by atoms with Crippen molar-refractivity contribution in [1.29, 1.82) is 0 Å². The Morgan fingerprint density at radius 3 is 0.927 bits per heavy atom. The third-order valence-corrected chi connectivity index (χ3v) is 6.82. The third-order valence-electron chi connectivity index (χ3n) is 5.40. The summed E-state index contributed by atoms with van der Waals surface area (Å²) in [4.78, 5) is 1.91. The molecule has 4 aromatic carbocycles. The van der Waals surface area contributed by atoms with Gasteiger partial charge in [-0.25, -0.2) is 0 Å². The summed E-state index contributed by atoms with van der Waals surface area (Å²) in [7, 11) is 0. The summed E-state index contributed by atoms with van der Waals surface area (Å²) in [6, 6.07) is 24.0. The molecule has 4 nitrogen and oxygen atoms in total. The highest BCUT2D eigenvalue weighted by molar-refractivity contribution is 7.99. The van der Waals surface area contributed by atoms with E-state index in [2.05, 4.69) is 21.3 Å². The van der Waals surface area contributed by atoms with Crippen LogP contribution in [0.25, 0.3) is 0 Å². The molecule has 0 unspecified atom stereocenters. The van der Waals surface area contributed by atoms with Crippen molar-refractivity contribution >= 4 is 69.2 Å². The van der Waals surface area contributed by atoms with Crippen LogP contribution >= 0.6 is 36.2 Å². The molecule has 0 heterocycles. The van der Waals surface area contributed by atoms with Gasteiger partial charge in [-0.1, -0.05) is 11.8 Å². The summed E-state index contributed by atoms with van der Waals surface area (Å²) in [5.74, 6) is 0. The molecule has 0 radical (unpaired) electrons. The van der Waals surface area contributed by atoms with Gasteiger partial charge in [0, 0.05) is 32.5 Å². The molecule has 41 heavy (non-hydrogen) atoms. The van der Waals surface area contributed by atoms with Crippen molar-refractivity contribution in [2.45, 2.75) is 22.1 Å². The first-order chi connectivity index (χ1) is 19.3. The molecule has 0 aromatic heterocycles. The maximum absolute atomic E-state index is 12.7. The average molecular weight is 623 g/mol. The Labute approximate surface area is 246 Å². The SMILES string of the molecule is FC(F)(F)c1ccc(NC(=S)Nc2ccc(Sc3ccc(NC(=S)Nc4ccc(C(F)(F)F)cc4)cc3)cc2)cc1. The lowest BCUT2D eigenvalue weighted by molar-refractivity contribution is -0.138. The molecule has 0 aliphatic carbocycles. The molecule has 0 spiro atoms. The molecule has 0 fully saturated rings. The largest absolute Gasteiger partial charge is 0.416 e. The van der Waals surface area contributed by atoms with Gasteiger partial charge in [0.05, 0.1) is 11.1 Å². The lowest BCUT2D eigenvalue weighted by Crippen LogP contribution is -2.19. The first-order valence-electron chi connectivity index (χ1n) is 11.7. The van der Waals surface area contributed by atoms with Crippen molar-refractivity contribution in [3.8, 4) is 0 Å². The summed E-state index contributed by atoms with van der Waals surface area (Å²) in [6.07, 6.45) is -8.80. The van der Waals surface area contributed by atoms with Gasteiger partial charge in [0.15, 0.2) is 10.2 Å². The van der Waals surface area contributed by atoms with Gasteiger partial charge >= 0.3 is 12.4 Å². The van der Waals surface area contributed by atoms with Crippen molar-refractivity contribution in [1.82, 2.24) is 0 Å². The monoisotopic (exact) mass is 622 g/mol. The van der Waals surface area contributed by atoms with Gasteiger partial charge in [-0.2, -0.15) is 26.3 Å². The Bertz CT molecular complexity index is 1370. The molecule has 0 saturated carbocycles. The van der Waals surface area contributed by atoms with E-state index in [9.17, 15) is 26.3 Å². The molecule has 4 aromatic rings. The Morgan fingerprint density at radius 1 is 0.439 bits per heavy atom. The Balaban J connectivity index is 1.25. The predicted molar refractivity (Wildman–Crippen MR) is 160 cm³/mol. The van der Waals surface area contributed by atoms with Crippen molar-refractivity contribution < 1.29 is 26.3 Å². The zero-order chi connectivity index (χ0) is 29.6. The van der Waals surface area contributed by atoms with Crippen LogP contribution in [0.5, 0.6) is 0 Å².